The first kappa shape index (κ1) is 14.2. The lowest BCUT2D eigenvalue weighted by Crippen LogP contribution is -2.15. The number of hydrogen-bond donors (Lipinski definition) is 1. The number of rotatable bonds is 3. The van der Waals surface area contributed by atoms with Gasteiger partial charge in [0.05, 0.1) is 18.4 Å². The lowest BCUT2D eigenvalue weighted by molar-refractivity contribution is 0.102. The maximum Gasteiger partial charge on any atom is 0.258 e. The first-order valence-electron chi connectivity index (χ1n) is 5.48. The second-order valence-electron chi connectivity index (χ2n) is 3.76. The molecule has 20 heavy (non-hydrogen) atoms. The number of anilines is 1. The molecule has 1 aromatic carbocycles. The molecule has 0 fully saturated rings. The van der Waals surface area contributed by atoms with Gasteiger partial charge in [-0.1, -0.05) is 11.6 Å². The molecule has 0 unspecified atom stereocenters. The first-order valence-corrected chi connectivity index (χ1v) is 5.85. The topological polar surface area (TPSA) is 51.2 Å². The Morgan fingerprint density at radius 1 is 1.35 bits per heavy atom. The number of benzene rings is 1. The molecule has 4 nitrogen and oxygen atoms in total. The third-order valence-corrected chi connectivity index (χ3v) is 2.74. The Balaban J connectivity index is 2.32. The lowest BCUT2D eigenvalue weighted by atomic mass is 10.2. The smallest absolute Gasteiger partial charge is 0.258 e. The third kappa shape index (κ3) is 2.85. The summed E-state index contributed by atoms with van der Waals surface area (Å²) in [5.41, 5.74) is -0.207. The van der Waals surface area contributed by atoms with Gasteiger partial charge in [0, 0.05) is 11.2 Å². The van der Waals surface area contributed by atoms with Gasteiger partial charge in [0.25, 0.3) is 5.91 Å². The fourth-order valence-electron chi connectivity index (χ4n) is 1.56. The highest BCUT2D eigenvalue weighted by Crippen LogP contribution is 2.28. The van der Waals surface area contributed by atoms with Gasteiger partial charge in [-0.15, -0.1) is 0 Å². The van der Waals surface area contributed by atoms with Crippen molar-refractivity contribution in [3.63, 3.8) is 0 Å². The molecule has 104 valence electrons. The number of halogens is 3. The minimum Gasteiger partial charge on any atom is -0.495 e. The van der Waals surface area contributed by atoms with Crippen molar-refractivity contribution in [3.05, 3.63) is 52.8 Å². The van der Waals surface area contributed by atoms with E-state index >= 15 is 0 Å². The summed E-state index contributed by atoms with van der Waals surface area (Å²) in [5, 5.41) is 2.77. The summed E-state index contributed by atoms with van der Waals surface area (Å²) in [6, 6.07) is 5.63. The van der Waals surface area contributed by atoms with Crippen LogP contribution in [0.25, 0.3) is 0 Å². The van der Waals surface area contributed by atoms with Crippen molar-refractivity contribution < 1.29 is 18.3 Å². The average Bonchev–Trinajstić information content (AvgIpc) is 2.42. The molecule has 7 heteroatoms. The third-order valence-electron chi connectivity index (χ3n) is 2.50. The van der Waals surface area contributed by atoms with Crippen LogP contribution in [0.5, 0.6) is 5.75 Å². The predicted molar refractivity (Wildman–Crippen MR) is 70.1 cm³/mol. The van der Waals surface area contributed by atoms with Crippen molar-refractivity contribution in [1.82, 2.24) is 4.98 Å². The molecule has 0 saturated carbocycles. The van der Waals surface area contributed by atoms with E-state index in [0.29, 0.717) is 10.8 Å². The Morgan fingerprint density at radius 2 is 2.10 bits per heavy atom. The monoisotopic (exact) mass is 298 g/mol. The first-order chi connectivity index (χ1) is 9.52. The Hall–Kier alpha value is -2.21. The van der Waals surface area contributed by atoms with Crippen LogP contribution in [0.1, 0.15) is 10.4 Å². The Labute approximate surface area is 118 Å². The second kappa shape index (κ2) is 5.83. The summed E-state index contributed by atoms with van der Waals surface area (Å²) in [6.07, 6.45) is 1.00. The van der Waals surface area contributed by atoms with E-state index < -0.39 is 23.2 Å². The van der Waals surface area contributed by atoms with Gasteiger partial charge in [0.1, 0.15) is 5.75 Å². The molecule has 1 aromatic heterocycles. The van der Waals surface area contributed by atoms with Crippen molar-refractivity contribution >= 4 is 23.2 Å². The number of hydrogen-bond acceptors (Lipinski definition) is 3. The van der Waals surface area contributed by atoms with E-state index in [1.54, 1.807) is 12.1 Å². The predicted octanol–water partition coefficient (Wildman–Crippen LogP) is 3.27. The van der Waals surface area contributed by atoms with Crippen LogP contribution in [0.4, 0.5) is 14.5 Å². The number of nitrogens with one attached hydrogen (secondary N) is 1. The molecule has 0 bridgehead atoms. The van der Waals surface area contributed by atoms with Crippen LogP contribution >= 0.6 is 11.6 Å². The average molecular weight is 299 g/mol. The standard InChI is InChI=1S/C13H9ClF2N2O2/c1-20-10-3-2-7(14)6-9(10)18-13(19)8-4-5-17-12(16)11(8)15/h2-6H,1H3,(H,18,19). The minimum atomic E-state index is -1.34. The van der Waals surface area contributed by atoms with Crippen molar-refractivity contribution in [2.75, 3.05) is 12.4 Å². The van der Waals surface area contributed by atoms with Crippen LogP contribution in [0, 0.1) is 11.8 Å². The van der Waals surface area contributed by atoms with Gasteiger partial charge >= 0.3 is 0 Å². The zero-order valence-corrected chi connectivity index (χ0v) is 11.0. The van der Waals surface area contributed by atoms with E-state index in [0.717, 1.165) is 12.3 Å². The summed E-state index contributed by atoms with van der Waals surface area (Å²) >= 11 is 5.81. The molecular weight excluding hydrogens is 290 g/mol. The zero-order valence-electron chi connectivity index (χ0n) is 10.3. The number of carbonyl (C=O) groups excluding carboxylic acids is 1. The van der Waals surface area contributed by atoms with Crippen molar-refractivity contribution in [1.29, 1.82) is 0 Å². The largest absolute Gasteiger partial charge is 0.495 e. The quantitative estimate of drug-likeness (QED) is 0.885. The molecule has 1 heterocycles. The number of carbonyl (C=O) groups is 1. The second-order valence-corrected chi connectivity index (χ2v) is 4.20. The van der Waals surface area contributed by atoms with E-state index in [9.17, 15) is 13.6 Å². The number of methoxy groups -OCH3 is 1. The molecule has 0 atom stereocenters. The number of ether oxygens (including phenoxy) is 1. The van der Waals surface area contributed by atoms with Crippen LogP contribution in [0.15, 0.2) is 30.5 Å². The molecule has 0 aliphatic carbocycles. The number of aromatic nitrogens is 1. The van der Waals surface area contributed by atoms with Crippen molar-refractivity contribution in [3.8, 4) is 5.75 Å². The number of nitrogens with zero attached hydrogens (tertiary/aromatic N) is 1. The summed E-state index contributed by atoms with van der Waals surface area (Å²) in [6.45, 7) is 0. The van der Waals surface area contributed by atoms with Crippen LogP contribution in [0.2, 0.25) is 5.02 Å². The highest BCUT2D eigenvalue weighted by Gasteiger charge is 2.17. The van der Waals surface area contributed by atoms with Gasteiger partial charge in [-0.25, -0.2) is 9.37 Å². The molecule has 0 aliphatic heterocycles. The van der Waals surface area contributed by atoms with E-state index in [2.05, 4.69) is 10.3 Å². The van der Waals surface area contributed by atoms with Crippen LogP contribution in [-0.4, -0.2) is 18.0 Å². The molecule has 0 radical (unpaired) electrons. The highest BCUT2D eigenvalue weighted by molar-refractivity contribution is 6.31. The van der Waals surface area contributed by atoms with Gasteiger partial charge in [-0.2, -0.15) is 4.39 Å². The van der Waals surface area contributed by atoms with Crippen LogP contribution < -0.4 is 10.1 Å². The molecule has 0 saturated heterocycles. The fraction of sp³-hybridized carbons (Fsp3) is 0.0769. The molecular formula is C13H9ClF2N2O2. The minimum absolute atomic E-state index is 0.252. The maximum atomic E-state index is 13.5. The number of pyridine rings is 1. The summed E-state index contributed by atoms with van der Waals surface area (Å²) in [7, 11) is 1.41. The van der Waals surface area contributed by atoms with Crippen molar-refractivity contribution in [2.45, 2.75) is 0 Å². The van der Waals surface area contributed by atoms with Crippen molar-refractivity contribution in [2.24, 2.45) is 0 Å². The van der Waals surface area contributed by atoms with Crippen LogP contribution in [0.3, 0.4) is 0 Å². The van der Waals surface area contributed by atoms with Crippen LogP contribution in [-0.2, 0) is 0 Å². The van der Waals surface area contributed by atoms with Gasteiger partial charge in [-0.05, 0) is 24.3 Å². The Kier molecular flexibility index (Phi) is 4.14. The summed E-state index contributed by atoms with van der Waals surface area (Å²) in [4.78, 5) is 15.0. The van der Waals surface area contributed by atoms with Gasteiger partial charge in [0.2, 0.25) is 5.95 Å². The normalized spacial score (nSPS) is 10.2. The summed E-state index contributed by atoms with van der Waals surface area (Å²) in [5.74, 6) is -3.14. The molecule has 1 N–H and O–H groups in total. The molecule has 2 rings (SSSR count). The van der Waals surface area contributed by atoms with Gasteiger partial charge < -0.3 is 10.1 Å². The van der Waals surface area contributed by atoms with E-state index in [4.69, 9.17) is 16.3 Å². The Bertz CT molecular complexity index is 665. The fourth-order valence-corrected chi connectivity index (χ4v) is 1.73. The van der Waals surface area contributed by atoms with Gasteiger partial charge in [-0.3, -0.25) is 4.79 Å². The molecule has 2 aromatic rings. The van der Waals surface area contributed by atoms with E-state index in [-0.39, 0.29) is 5.69 Å². The Morgan fingerprint density at radius 3 is 2.80 bits per heavy atom. The maximum absolute atomic E-state index is 13.5. The zero-order chi connectivity index (χ0) is 14.7. The van der Waals surface area contributed by atoms with E-state index in [1.807, 2.05) is 0 Å². The highest BCUT2D eigenvalue weighted by atomic mass is 35.5. The number of amides is 1. The molecule has 0 aliphatic rings. The lowest BCUT2D eigenvalue weighted by Gasteiger charge is -2.10. The van der Waals surface area contributed by atoms with Gasteiger partial charge in [0.15, 0.2) is 5.82 Å². The molecule has 1 amide bonds. The van der Waals surface area contributed by atoms with E-state index in [1.165, 1.54) is 13.2 Å². The summed E-state index contributed by atoms with van der Waals surface area (Å²) < 4.78 is 31.5. The molecule has 0 spiro atoms. The SMILES string of the molecule is COc1ccc(Cl)cc1NC(=O)c1ccnc(F)c1F.